The number of carbonyl (C=O) groups excluding carboxylic acids is 2. The molecule has 0 saturated heterocycles. The molecule has 0 radical (unpaired) electrons. The summed E-state index contributed by atoms with van der Waals surface area (Å²) < 4.78 is 10.3. The lowest BCUT2D eigenvalue weighted by Gasteiger charge is -2.11. The maximum Gasteiger partial charge on any atom is 0.243 e. The molecule has 2 amide bonds. The number of ether oxygens (including phenoxy) is 2. The summed E-state index contributed by atoms with van der Waals surface area (Å²) in [5, 5.41) is 8.67. The molecule has 8 heteroatoms. The van der Waals surface area contributed by atoms with Crippen LogP contribution in [-0.2, 0) is 20.9 Å². The standard InChI is InChI=1S/C22H26N4O4/c1-29-13-14-30-21-9-7-17(16-24-21)15-23-20(27)8-10-22(28)26-12-11-19(25-26)18-5-3-2-4-6-18/h2-7,9,16H,8,10-15H2,1H3,(H,23,27). The Labute approximate surface area is 175 Å². The van der Waals surface area contributed by atoms with E-state index in [9.17, 15) is 9.59 Å². The van der Waals surface area contributed by atoms with Gasteiger partial charge in [-0.2, -0.15) is 5.10 Å². The third-order valence-electron chi connectivity index (χ3n) is 4.59. The van der Waals surface area contributed by atoms with Crippen molar-refractivity contribution in [1.82, 2.24) is 15.3 Å². The Morgan fingerprint density at radius 1 is 1.10 bits per heavy atom. The fraction of sp³-hybridized carbons (Fsp3) is 0.364. The van der Waals surface area contributed by atoms with Crippen molar-refractivity contribution in [3.05, 3.63) is 59.8 Å². The fourth-order valence-corrected chi connectivity index (χ4v) is 2.94. The molecule has 2 heterocycles. The molecule has 0 atom stereocenters. The first-order valence-corrected chi connectivity index (χ1v) is 9.92. The van der Waals surface area contributed by atoms with Gasteiger partial charge in [-0.3, -0.25) is 9.59 Å². The second-order valence-corrected chi connectivity index (χ2v) is 6.80. The minimum absolute atomic E-state index is 0.122. The molecule has 30 heavy (non-hydrogen) atoms. The largest absolute Gasteiger partial charge is 0.475 e. The van der Waals surface area contributed by atoms with Crippen molar-refractivity contribution in [2.75, 3.05) is 26.9 Å². The first-order valence-electron chi connectivity index (χ1n) is 9.92. The summed E-state index contributed by atoms with van der Waals surface area (Å²) in [6.45, 7) is 1.82. The van der Waals surface area contributed by atoms with Crippen molar-refractivity contribution in [2.45, 2.75) is 25.8 Å². The van der Waals surface area contributed by atoms with Crippen molar-refractivity contribution in [3.63, 3.8) is 0 Å². The number of pyridine rings is 1. The number of hydrazone groups is 1. The van der Waals surface area contributed by atoms with E-state index >= 15 is 0 Å². The smallest absolute Gasteiger partial charge is 0.243 e. The molecule has 1 N–H and O–H groups in total. The molecule has 3 rings (SSSR count). The molecule has 2 aromatic rings. The molecule has 0 fully saturated rings. The van der Waals surface area contributed by atoms with E-state index in [1.54, 1.807) is 19.4 Å². The topological polar surface area (TPSA) is 93.1 Å². The highest BCUT2D eigenvalue weighted by molar-refractivity contribution is 6.02. The quantitative estimate of drug-likeness (QED) is 0.606. The fourth-order valence-electron chi connectivity index (χ4n) is 2.94. The lowest BCUT2D eigenvalue weighted by atomic mass is 10.1. The van der Waals surface area contributed by atoms with E-state index in [1.165, 1.54) is 5.01 Å². The molecular formula is C22H26N4O4. The van der Waals surface area contributed by atoms with Gasteiger partial charge in [-0.1, -0.05) is 36.4 Å². The van der Waals surface area contributed by atoms with E-state index in [4.69, 9.17) is 9.47 Å². The van der Waals surface area contributed by atoms with Crippen LogP contribution in [0, 0.1) is 0 Å². The highest BCUT2D eigenvalue weighted by atomic mass is 16.5. The van der Waals surface area contributed by atoms with Gasteiger partial charge < -0.3 is 14.8 Å². The van der Waals surface area contributed by atoms with Crippen LogP contribution in [0.1, 0.15) is 30.4 Å². The Kier molecular flexibility index (Phi) is 7.91. The number of hydrogen-bond donors (Lipinski definition) is 1. The predicted molar refractivity (Wildman–Crippen MR) is 112 cm³/mol. The number of nitrogens with one attached hydrogen (secondary N) is 1. The average molecular weight is 410 g/mol. The molecule has 0 aliphatic carbocycles. The minimum atomic E-state index is -0.185. The summed E-state index contributed by atoms with van der Waals surface area (Å²) in [6.07, 6.45) is 2.62. The van der Waals surface area contributed by atoms with Crippen LogP contribution in [0.4, 0.5) is 0 Å². The highest BCUT2D eigenvalue weighted by Crippen LogP contribution is 2.15. The van der Waals surface area contributed by atoms with Crippen LogP contribution in [-0.4, -0.2) is 54.4 Å². The Hall–Kier alpha value is -3.26. The van der Waals surface area contributed by atoms with E-state index < -0.39 is 0 Å². The molecule has 0 spiro atoms. The summed E-state index contributed by atoms with van der Waals surface area (Å²) in [4.78, 5) is 28.6. The first kappa shape index (κ1) is 21.4. The predicted octanol–water partition coefficient (Wildman–Crippen LogP) is 2.14. The summed E-state index contributed by atoms with van der Waals surface area (Å²) in [7, 11) is 1.61. The van der Waals surface area contributed by atoms with E-state index in [0.717, 1.165) is 23.3 Å². The Morgan fingerprint density at radius 3 is 2.67 bits per heavy atom. The van der Waals surface area contributed by atoms with Crippen LogP contribution < -0.4 is 10.1 Å². The number of rotatable bonds is 10. The van der Waals surface area contributed by atoms with Gasteiger partial charge in [0, 0.05) is 45.2 Å². The van der Waals surface area contributed by atoms with E-state index in [0.29, 0.717) is 32.2 Å². The molecule has 0 bridgehead atoms. The van der Waals surface area contributed by atoms with Crippen LogP contribution in [0.15, 0.2) is 53.8 Å². The van der Waals surface area contributed by atoms with Gasteiger partial charge in [-0.15, -0.1) is 0 Å². The zero-order valence-corrected chi connectivity index (χ0v) is 17.0. The van der Waals surface area contributed by atoms with Crippen molar-refractivity contribution in [2.24, 2.45) is 5.10 Å². The number of hydrogen-bond acceptors (Lipinski definition) is 6. The molecule has 0 unspecified atom stereocenters. The molecule has 1 aromatic carbocycles. The zero-order chi connectivity index (χ0) is 21.2. The van der Waals surface area contributed by atoms with Crippen molar-refractivity contribution < 1.29 is 19.1 Å². The van der Waals surface area contributed by atoms with E-state index in [2.05, 4.69) is 15.4 Å². The SMILES string of the molecule is COCCOc1ccc(CNC(=O)CCC(=O)N2CCC(c3ccccc3)=N2)cn1. The highest BCUT2D eigenvalue weighted by Gasteiger charge is 2.21. The number of benzene rings is 1. The number of amides is 2. The molecule has 0 saturated carbocycles. The first-order chi connectivity index (χ1) is 14.7. The molecular weight excluding hydrogens is 384 g/mol. The van der Waals surface area contributed by atoms with Crippen LogP contribution in [0.5, 0.6) is 5.88 Å². The Balaban J connectivity index is 1.38. The van der Waals surface area contributed by atoms with Gasteiger partial charge in [0.1, 0.15) is 6.61 Å². The number of carbonyl (C=O) groups is 2. The van der Waals surface area contributed by atoms with Crippen molar-refractivity contribution in [1.29, 1.82) is 0 Å². The van der Waals surface area contributed by atoms with Crippen LogP contribution in [0.2, 0.25) is 0 Å². The summed E-state index contributed by atoms with van der Waals surface area (Å²) in [5.41, 5.74) is 2.77. The van der Waals surface area contributed by atoms with E-state index in [1.807, 2.05) is 36.4 Å². The lowest BCUT2D eigenvalue weighted by molar-refractivity contribution is -0.133. The third-order valence-corrected chi connectivity index (χ3v) is 4.59. The number of aromatic nitrogens is 1. The van der Waals surface area contributed by atoms with Gasteiger partial charge in [0.15, 0.2) is 0 Å². The van der Waals surface area contributed by atoms with E-state index in [-0.39, 0.29) is 24.7 Å². The van der Waals surface area contributed by atoms with Crippen LogP contribution >= 0.6 is 0 Å². The summed E-state index contributed by atoms with van der Waals surface area (Å²) >= 11 is 0. The second kappa shape index (κ2) is 11.1. The van der Waals surface area contributed by atoms with Gasteiger partial charge in [-0.05, 0) is 11.1 Å². The number of methoxy groups -OCH3 is 1. The monoisotopic (exact) mass is 410 g/mol. The van der Waals surface area contributed by atoms with Gasteiger partial charge in [0.05, 0.1) is 18.9 Å². The van der Waals surface area contributed by atoms with Gasteiger partial charge in [0.2, 0.25) is 17.7 Å². The third kappa shape index (κ3) is 6.38. The average Bonchev–Trinajstić information content (AvgIpc) is 3.28. The molecule has 1 aliphatic heterocycles. The van der Waals surface area contributed by atoms with Crippen molar-refractivity contribution >= 4 is 17.5 Å². The minimum Gasteiger partial charge on any atom is -0.475 e. The van der Waals surface area contributed by atoms with Gasteiger partial charge >= 0.3 is 0 Å². The van der Waals surface area contributed by atoms with Crippen LogP contribution in [0.3, 0.4) is 0 Å². The molecule has 1 aliphatic rings. The lowest BCUT2D eigenvalue weighted by Crippen LogP contribution is -2.27. The summed E-state index contributed by atoms with van der Waals surface area (Å²) in [5.74, 6) is 0.180. The maximum absolute atomic E-state index is 12.4. The molecule has 1 aromatic heterocycles. The van der Waals surface area contributed by atoms with Crippen molar-refractivity contribution in [3.8, 4) is 5.88 Å². The molecule has 8 nitrogen and oxygen atoms in total. The second-order valence-electron chi connectivity index (χ2n) is 6.80. The van der Waals surface area contributed by atoms with Gasteiger partial charge in [-0.25, -0.2) is 9.99 Å². The van der Waals surface area contributed by atoms with Gasteiger partial charge in [0.25, 0.3) is 0 Å². The summed E-state index contributed by atoms with van der Waals surface area (Å²) in [6, 6.07) is 13.4. The normalized spacial score (nSPS) is 13.1. The molecule has 158 valence electrons. The zero-order valence-electron chi connectivity index (χ0n) is 17.0. The van der Waals surface area contributed by atoms with Crippen LogP contribution in [0.25, 0.3) is 0 Å². The Bertz CT molecular complexity index is 868. The Morgan fingerprint density at radius 2 is 1.93 bits per heavy atom. The maximum atomic E-state index is 12.4. The number of nitrogens with zero attached hydrogens (tertiary/aromatic N) is 3.